The zero-order valence-corrected chi connectivity index (χ0v) is 16.1. The molecule has 0 radical (unpaired) electrons. The second-order valence-corrected chi connectivity index (χ2v) is 13.6. The van der Waals surface area contributed by atoms with E-state index < -0.39 is 14.0 Å². The molecule has 0 bridgehead atoms. The fourth-order valence-electron chi connectivity index (χ4n) is 2.53. The second-order valence-electron chi connectivity index (χ2n) is 7.93. The van der Waals surface area contributed by atoms with Crippen LogP contribution in [0.25, 0.3) is 10.9 Å². The van der Waals surface area contributed by atoms with Gasteiger partial charge in [0.2, 0.25) is 0 Å². The van der Waals surface area contributed by atoms with Crippen LogP contribution in [0.15, 0.2) is 18.2 Å². The molecule has 25 heavy (non-hydrogen) atoms. The number of carboxylic acid groups (broad SMARTS) is 1. The fourth-order valence-corrected chi connectivity index (χ4v) is 3.28. The van der Waals surface area contributed by atoms with E-state index in [1.54, 1.807) is 10.7 Å². The summed E-state index contributed by atoms with van der Waals surface area (Å²) in [6.45, 7) is 8.53. The predicted octanol–water partition coefficient (Wildman–Crippen LogP) is 3.84. The number of aromatic nitrogens is 2. The average Bonchev–Trinajstić information content (AvgIpc) is 3.29. The first-order chi connectivity index (χ1) is 11.8. The normalized spacial score (nSPS) is 14.8. The molecule has 1 aliphatic rings. The molecule has 0 spiro atoms. The summed E-state index contributed by atoms with van der Waals surface area (Å²) in [4.78, 5) is 11.5. The van der Waals surface area contributed by atoms with Gasteiger partial charge in [0.15, 0.2) is 5.69 Å². The minimum atomic E-state index is -1.16. The van der Waals surface area contributed by atoms with Gasteiger partial charge in [-0.05, 0) is 36.9 Å². The second kappa shape index (κ2) is 7.17. The van der Waals surface area contributed by atoms with Gasteiger partial charge in [0.1, 0.15) is 12.5 Å². The molecule has 6 nitrogen and oxygen atoms in total. The van der Waals surface area contributed by atoms with Crippen LogP contribution in [-0.4, -0.2) is 42.1 Å². The largest absolute Gasteiger partial charge is 0.493 e. The minimum absolute atomic E-state index is 0.0533. The number of carboxylic acids is 1. The summed E-state index contributed by atoms with van der Waals surface area (Å²) < 4.78 is 13.2. The number of fused-ring (bicyclic) bond motifs is 1. The van der Waals surface area contributed by atoms with Crippen molar-refractivity contribution in [3.05, 3.63) is 23.9 Å². The number of benzene rings is 1. The van der Waals surface area contributed by atoms with E-state index >= 15 is 0 Å². The summed E-state index contributed by atoms with van der Waals surface area (Å²) in [5.74, 6) is 0.386. The van der Waals surface area contributed by atoms with Gasteiger partial charge >= 0.3 is 5.97 Å². The van der Waals surface area contributed by atoms with Crippen molar-refractivity contribution in [3.8, 4) is 5.75 Å². The Morgan fingerprint density at radius 3 is 2.76 bits per heavy atom. The maximum atomic E-state index is 11.5. The first-order valence-corrected chi connectivity index (χ1v) is 12.5. The summed E-state index contributed by atoms with van der Waals surface area (Å²) >= 11 is 0. The number of hydrogen-bond donors (Lipinski definition) is 1. The highest BCUT2D eigenvalue weighted by atomic mass is 28.3. The maximum absolute atomic E-state index is 11.5. The third-order valence-corrected chi connectivity index (χ3v) is 6.02. The molecular weight excluding hydrogens is 336 g/mol. The SMILES string of the molecule is C[Si](C)(C)CCOCn1nc(C(=O)O)c2ccc(OCC3CC3)cc21. The monoisotopic (exact) mass is 362 g/mol. The molecule has 2 aromatic rings. The van der Waals surface area contributed by atoms with Gasteiger partial charge in [-0.15, -0.1) is 0 Å². The van der Waals surface area contributed by atoms with Crippen molar-refractivity contribution in [1.82, 2.24) is 9.78 Å². The lowest BCUT2D eigenvalue weighted by molar-refractivity contribution is 0.0676. The summed E-state index contributed by atoms with van der Waals surface area (Å²) in [5.41, 5.74) is 0.788. The van der Waals surface area contributed by atoms with Crippen LogP contribution in [0.4, 0.5) is 0 Å². The highest BCUT2D eigenvalue weighted by molar-refractivity contribution is 6.76. The van der Waals surface area contributed by atoms with Crippen molar-refractivity contribution in [3.63, 3.8) is 0 Å². The zero-order chi connectivity index (χ0) is 18.0. The molecule has 0 aliphatic heterocycles. The molecule has 1 aliphatic carbocycles. The van der Waals surface area contributed by atoms with Crippen LogP contribution in [0.1, 0.15) is 23.3 Å². The van der Waals surface area contributed by atoms with E-state index in [0.29, 0.717) is 17.9 Å². The summed E-state index contributed by atoms with van der Waals surface area (Å²) in [5, 5.41) is 14.2. The lowest BCUT2D eigenvalue weighted by Crippen LogP contribution is -2.22. The molecule has 1 aromatic heterocycles. The lowest BCUT2D eigenvalue weighted by atomic mass is 10.2. The van der Waals surface area contributed by atoms with E-state index in [0.717, 1.165) is 23.9 Å². The first kappa shape index (κ1) is 17.9. The van der Waals surface area contributed by atoms with Gasteiger partial charge in [0.25, 0.3) is 0 Å². The Kier molecular flexibility index (Phi) is 5.15. The fraction of sp³-hybridized carbons (Fsp3) is 0.556. The Bertz CT molecular complexity index is 762. The molecule has 0 unspecified atom stereocenters. The maximum Gasteiger partial charge on any atom is 0.357 e. The molecule has 0 atom stereocenters. The van der Waals surface area contributed by atoms with Crippen LogP contribution in [0.3, 0.4) is 0 Å². The minimum Gasteiger partial charge on any atom is -0.493 e. The molecule has 1 aromatic carbocycles. The third-order valence-electron chi connectivity index (χ3n) is 4.32. The molecule has 136 valence electrons. The van der Waals surface area contributed by atoms with Crippen molar-refractivity contribution in [1.29, 1.82) is 0 Å². The highest BCUT2D eigenvalue weighted by Gasteiger charge is 2.22. The van der Waals surface area contributed by atoms with Crippen molar-refractivity contribution in [2.24, 2.45) is 5.92 Å². The Labute approximate surface area is 148 Å². The van der Waals surface area contributed by atoms with E-state index in [9.17, 15) is 9.90 Å². The topological polar surface area (TPSA) is 73.6 Å². The number of hydrogen-bond acceptors (Lipinski definition) is 4. The number of nitrogens with zero attached hydrogens (tertiary/aromatic N) is 2. The molecule has 1 N–H and O–H groups in total. The zero-order valence-electron chi connectivity index (χ0n) is 15.1. The molecule has 3 rings (SSSR count). The molecule has 0 saturated heterocycles. The van der Waals surface area contributed by atoms with Gasteiger partial charge in [-0.25, -0.2) is 9.48 Å². The molecule has 1 saturated carbocycles. The van der Waals surface area contributed by atoms with Crippen molar-refractivity contribution in [2.45, 2.75) is 45.3 Å². The van der Waals surface area contributed by atoms with Gasteiger partial charge in [-0.1, -0.05) is 19.6 Å². The summed E-state index contributed by atoms with van der Waals surface area (Å²) in [7, 11) is -1.16. The van der Waals surface area contributed by atoms with E-state index in [4.69, 9.17) is 9.47 Å². The predicted molar refractivity (Wildman–Crippen MR) is 99.0 cm³/mol. The van der Waals surface area contributed by atoms with E-state index in [1.165, 1.54) is 12.8 Å². The van der Waals surface area contributed by atoms with Crippen LogP contribution in [0.5, 0.6) is 5.75 Å². The van der Waals surface area contributed by atoms with E-state index in [2.05, 4.69) is 24.7 Å². The van der Waals surface area contributed by atoms with Crippen molar-refractivity contribution in [2.75, 3.05) is 13.2 Å². The van der Waals surface area contributed by atoms with Crippen LogP contribution < -0.4 is 4.74 Å². The Hall–Kier alpha value is -1.86. The van der Waals surface area contributed by atoms with Crippen molar-refractivity contribution < 1.29 is 19.4 Å². The lowest BCUT2D eigenvalue weighted by Gasteiger charge is -2.15. The molecule has 1 fully saturated rings. The molecule has 7 heteroatoms. The number of rotatable bonds is 9. The van der Waals surface area contributed by atoms with Crippen molar-refractivity contribution >= 4 is 24.9 Å². The van der Waals surface area contributed by atoms with Crippen LogP contribution >= 0.6 is 0 Å². The quantitative estimate of drug-likeness (QED) is 0.542. The smallest absolute Gasteiger partial charge is 0.357 e. The van der Waals surface area contributed by atoms with E-state index in [-0.39, 0.29) is 12.4 Å². The Morgan fingerprint density at radius 2 is 2.12 bits per heavy atom. The average molecular weight is 363 g/mol. The standard InChI is InChI=1S/C18H26N2O4Si/c1-25(2,3)9-8-23-12-20-16-10-14(24-11-13-4-5-13)6-7-15(16)17(19-20)18(21)22/h6-7,10,13H,4-5,8-9,11-12H2,1-3H3,(H,21,22). The highest BCUT2D eigenvalue weighted by Crippen LogP contribution is 2.30. The molecule has 0 amide bonds. The van der Waals surface area contributed by atoms with Gasteiger partial charge in [-0.3, -0.25) is 0 Å². The molecule has 1 heterocycles. The summed E-state index contributed by atoms with van der Waals surface area (Å²) in [6, 6.07) is 6.51. The van der Waals surface area contributed by atoms with Crippen LogP contribution in [-0.2, 0) is 11.5 Å². The van der Waals surface area contributed by atoms with Crippen LogP contribution in [0, 0.1) is 5.92 Å². The molecular formula is C18H26N2O4Si. The third kappa shape index (κ3) is 4.82. The Morgan fingerprint density at radius 1 is 1.36 bits per heavy atom. The van der Waals surface area contributed by atoms with Gasteiger partial charge in [-0.2, -0.15) is 5.10 Å². The summed E-state index contributed by atoms with van der Waals surface area (Å²) in [6.07, 6.45) is 2.46. The van der Waals surface area contributed by atoms with Gasteiger partial charge in [0.05, 0.1) is 12.1 Å². The Balaban J connectivity index is 1.76. The van der Waals surface area contributed by atoms with Crippen LogP contribution in [0.2, 0.25) is 25.7 Å². The first-order valence-electron chi connectivity index (χ1n) is 8.78. The number of carbonyl (C=O) groups is 1. The number of aromatic carboxylic acids is 1. The van der Waals surface area contributed by atoms with Gasteiger partial charge in [0, 0.05) is 26.1 Å². The van der Waals surface area contributed by atoms with E-state index in [1.807, 2.05) is 12.1 Å². The van der Waals surface area contributed by atoms with Gasteiger partial charge < -0.3 is 14.6 Å². The number of ether oxygens (including phenoxy) is 2.